The van der Waals surface area contributed by atoms with E-state index in [1.807, 2.05) is 0 Å². The number of hydrogen-bond acceptors (Lipinski definition) is 5. The number of aldehydes is 2. The molecular formula is C17H24O5. The summed E-state index contributed by atoms with van der Waals surface area (Å²) < 4.78 is 0. The van der Waals surface area contributed by atoms with Crippen molar-refractivity contribution in [2.24, 2.45) is 28.1 Å². The Hall–Kier alpha value is -1.04. The van der Waals surface area contributed by atoms with Gasteiger partial charge in [0.2, 0.25) is 0 Å². The third-order valence-electron chi connectivity index (χ3n) is 7.30. The molecule has 3 saturated carbocycles. The van der Waals surface area contributed by atoms with E-state index < -0.39 is 40.0 Å². The van der Waals surface area contributed by atoms with E-state index >= 15 is 0 Å². The molecule has 0 radical (unpaired) electrons. The summed E-state index contributed by atoms with van der Waals surface area (Å²) in [6.45, 7) is 8.76. The van der Waals surface area contributed by atoms with Crippen molar-refractivity contribution in [1.29, 1.82) is 0 Å². The first-order valence-electron chi connectivity index (χ1n) is 7.74. The van der Waals surface area contributed by atoms with Gasteiger partial charge in [-0.05, 0) is 32.6 Å². The standard InChI is InChI=1S/C17H24O5/c1-9(2)11-12(20)13(21)15(4)16(8-19)5-10(16)6-17(15,22)14(11,3)7-18/h7-8,10-13,20-22H,1,5-6H2,2-4H3/t10-,11?,12?,13?,14?,15?,16+,17?/m1/s1. The Balaban J connectivity index is 2.26. The zero-order valence-corrected chi connectivity index (χ0v) is 13.2. The number of aliphatic hydroxyl groups excluding tert-OH is 2. The zero-order valence-electron chi connectivity index (χ0n) is 13.2. The van der Waals surface area contributed by atoms with Crippen LogP contribution in [0.15, 0.2) is 12.2 Å². The SMILES string of the molecule is C=C(C)C1C(O)C(O)C2(C)C(O)(C[C@H]3C[C@]32C=O)C1(C)C=O. The van der Waals surface area contributed by atoms with Crippen LogP contribution in [0.4, 0.5) is 0 Å². The van der Waals surface area contributed by atoms with Crippen molar-refractivity contribution in [2.75, 3.05) is 0 Å². The van der Waals surface area contributed by atoms with E-state index in [2.05, 4.69) is 6.58 Å². The molecule has 3 fully saturated rings. The lowest BCUT2D eigenvalue weighted by atomic mass is 9.44. The van der Waals surface area contributed by atoms with Gasteiger partial charge < -0.3 is 24.9 Å². The highest BCUT2D eigenvalue weighted by molar-refractivity contribution is 5.73. The van der Waals surface area contributed by atoms with Crippen LogP contribution in [0.25, 0.3) is 0 Å². The molecule has 3 aliphatic carbocycles. The molecule has 0 amide bonds. The summed E-state index contributed by atoms with van der Waals surface area (Å²) in [6.07, 6.45) is -0.184. The van der Waals surface area contributed by atoms with Crippen LogP contribution < -0.4 is 0 Å². The summed E-state index contributed by atoms with van der Waals surface area (Å²) in [7, 11) is 0. The van der Waals surface area contributed by atoms with E-state index in [9.17, 15) is 24.9 Å². The predicted molar refractivity (Wildman–Crippen MR) is 78.8 cm³/mol. The van der Waals surface area contributed by atoms with Gasteiger partial charge in [0.05, 0.1) is 23.2 Å². The summed E-state index contributed by atoms with van der Waals surface area (Å²) in [5, 5.41) is 32.9. The largest absolute Gasteiger partial charge is 0.390 e. The van der Waals surface area contributed by atoms with Crippen molar-refractivity contribution in [3.05, 3.63) is 12.2 Å². The monoisotopic (exact) mass is 308 g/mol. The van der Waals surface area contributed by atoms with E-state index in [1.54, 1.807) is 20.8 Å². The van der Waals surface area contributed by atoms with E-state index in [0.29, 0.717) is 18.3 Å². The van der Waals surface area contributed by atoms with Crippen molar-refractivity contribution in [2.45, 2.75) is 51.4 Å². The molecule has 0 aromatic carbocycles. The first-order chi connectivity index (χ1) is 10.1. The van der Waals surface area contributed by atoms with Crippen LogP contribution in [0.2, 0.25) is 0 Å². The van der Waals surface area contributed by atoms with Gasteiger partial charge in [0.1, 0.15) is 12.6 Å². The average molecular weight is 308 g/mol. The molecule has 5 heteroatoms. The Bertz CT molecular complexity index is 573. The Labute approximate surface area is 130 Å². The Kier molecular flexibility index (Phi) is 2.93. The van der Waals surface area contributed by atoms with Gasteiger partial charge >= 0.3 is 0 Å². The second-order valence-electron chi connectivity index (χ2n) is 7.99. The number of hydrogen-bond donors (Lipinski definition) is 3. The third kappa shape index (κ3) is 1.25. The molecule has 122 valence electrons. The van der Waals surface area contributed by atoms with Crippen LogP contribution in [0.5, 0.6) is 0 Å². The Morgan fingerprint density at radius 2 is 1.77 bits per heavy atom. The molecule has 0 bridgehead atoms. The first kappa shape index (κ1) is 15.8. The summed E-state index contributed by atoms with van der Waals surface area (Å²) in [5.74, 6) is -0.802. The lowest BCUT2D eigenvalue weighted by Gasteiger charge is -2.62. The molecule has 3 N–H and O–H groups in total. The number of carbonyl (C=O) groups excluding carboxylic acids is 2. The molecule has 5 nitrogen and oxygen atoms in total. The Morgan fingerprint density at radius 3 is 2.23 bits per heavy atom. The second kappa shape index (κ2) is 4.08. The number of carbonyl (C=O) groups is 2. The van der Waals surface area contributed by atoms with Crippen LogP contribution in [0.1, 0.15) is 33.6 Å². The zero-order chi connectivity index (χ0) is 16.7. The quantitative estimate of drug-likeness (QED) is 0.520. The highest BCUT2D eigenvalue weighted by Crippen LogP contribution is 2.80. The molecule has 0 saturated heterocycles. The summed E-state index contributed by atoms with van der Waals surface area (Å²) in [4.78, 5) is 23.7. The Morgan fingerprint density at radius 1 is 1.18 bits per heavy atom. The normalized spacial score (nSPS) is 59.4. The van der Waals surface area contributed by atoms with Gasteiger partial charge in [-0.3, -0.25) is 0 Å². The predicted octanol–water partition coefficient (Wildman–Crippen LogP) is 0.466. The first-order valence-corrected chi connectivity index (χ1v) is 7.74. The van der Waals surface area contributed by atoms with Crippen molar-refractivity contribution in [1.82, 2.24) is 0 Å². The van der Waals surface area contributed by atoms with Crippen LogP contribution in [-0.2, 0) is 9.59 Å². The van der Waals surface area contributed by atoms with Crippen LogP contribution in [-0.4, -0.2) is 45.7 Å². The highest BCUT2D eigenvalue weighted by Gasteiger charge is 2.86. The molecule has 8 atom stereocenters. The molecule has 0 aromatic heterocycles. The molecule has 3 rings (SSSR count). The average Bonchev–Trinajstić information content (AvgIpc) is 3.12. The number of fused-ring (bicyclic) bond motifs is 3. The van der Waals surface area contributed by atoms with Crippen molar-refractivity contribution < 1.29 is 24.9 Å². The third-order valence-corrected chi connectivity index (χ3v) is 7.30. The summed E-state index contributed by atoms with van der Waals surface area (Å²) >= 11 is 0. The van der Waals surface area contributed by atoms with Crippen LogP contribution in [0, 0.1) is 28.1 Å². The van der Waals surface area contributed by atoms with Gasteiger partial charge in [-0.2, -0.15) is 0 Å². The maximum Gasteiger partial charge on any atom is 0.129 e. The highest BCUT2D eigenvalue weighted by atomic mass is 16.3. The van der Waals surface area contributed by atoms with Gasteiger partial charge in [-0.15, -0.1) is 0 Å². The lowest BCUT2D eigenvalue weighted by Crippen LogP contribution is -2.74. The van der Waals surface area contributed by atoms with Crippen molar-refractivity contribution in [3.8, 4) is 0 Å². The van der Waals surface area contributed by atoms with Crippen molar-refractivity contribution >= 4 is 12.6 Å². The second-order valence-corrected chi connectivity index (χ2v) is 7.99. The number of rotatable bonds is 3. The summed E-state index contributed by atoms with van der Waals surface area (Å²) in [6, 6.07) is 0. The maximum absolute atomic E-state index is 12.0. The molecule has 0 aliphatic heterocycles. The van der Waals surface area contributed by atoms with Crippen molar-refractivity contribution in [3.63, 3.8) is 0 Å². The van der Waals surface area contributed by atoms with Crippen LogP contribution >= 0.6 is 0 Å². The molecule has 0 heterocycles. The van der Waals surface area contributed by atoms with Gasteiger partial charge in [-0.1, -0.05) is 19.1 Å². The topological polar surface area (TPSA) is 94.8 Å². The minimum atomic E-state index is -1.55. The van der Waals surface area contributed by atoms with Gasteiger partial charge in [0, 0.05) is 16.7 Å². The molecule has 6 unspecified atom stereocenters. The fourth-order valence-corrected chi connectivity index (χ4v) is 5.87. The van der Waals surface area contributed by atoms with Crippen LogP contribution in [0.3, 0.4) is 0 Å². The molecule has 3 aliphatic rings. The van der Waals surface area contributed by atoms with Gasteiger partial charge in [0.15, 0.2) is 0 Å². The fourth-order valence-electron chi connectivity index (χ4n) is 5.87. The minimum Gasteiger partial charge on any atom is -0.390 e. The van der Waals surface area contributed by atoms with Gasteiger partial charge in [-0.25, -0.2) is 0 Å². The van der Waals surface area contributed by atoms with E-state index in [0.717, 1.165) is 6.29 Å². The summed E-state index contributed by atoms with van der Waals surface area (Å²) in [5.41, 5.74) is -4.40. The fraction of sp³-hybridized carbons (Fsp3) is 0.765. The van der Waals surface area contributed by atoms with E-state index in [-0.39, 0.29) is 12.3 Å². The molecule has 22 heavy (non-hydrogen) atoms. The molecule has 0 spiro atoms. The van der Waals surface area contributed by atoms with E-state index in [4.69, 9.17) is 0 Å². The smallest absolute Gasteiger partial charge is 0.129 e. The maximum atomic E-state index is 12.0. The minimum absolute atomic E-state index is 0.0509. The van der Waals surface area contributed by atoms with E-state index in [1.165, 1.54) is 0 Å². The molecular weight excluding hydrogens is 284 g/mol. The van der Waals surface area contributed by atoms with Gasteiger partial charge in [0.25, 0.3) is 0 Å². The molecule has 0 aromatic rings. The lowest BCUT2D eigenvalue weighted by molar-refractivity contribution is -0.271. The number of aliphatic hydroxyl groups is 3.